The van der Waals surface area contributed by atoms with Gasteiger partial charge in [0.15, 0.2) is 0 Å². The number of hydrogen-bond donors (Lipinski definition) is 1. The lowest BCUT2D eigenvalue weighted by Gasteiger charge is -2.07. The summed E-state index contributed by atoms with van der Waals surface area (Å²) in [6, 6.07) is 25.0. The minimum absolute atomic E-state index is 0.00829. The average Bonchev–Trinajstić information content (AvgIpc) is 2.70. The first-order valence-electron chi connectivity index (χ1n) is 8.94. The van der Waals surface area contributed by atoms with Gasteiger partial charge in [0.1, 0.15) is 5.82 Å². The third-order valence-electron chi connectivity index (χ3n) is 4.21. The molecule has 0 unspecified atom stereocenters. The summed E-state index contributed by atoms with van der Waals surface area (Å²) in [7, 11) is 0. The molecule has 0 aliphatic rings. The minimum Gasteiger partial charge on any atom is -0.355 e. The second kappa shape index (κ2) is 9.93. The van der Waals surface area contributed by atoms with E-state index in [4.69, 9.17) is 0 Å². The number of hydrogen-bond acceptors (Lipinski definition) is 2. The fraction of sp³-hybridized carbons (Fsp3) is 0.174. The van der Waals surface area contributed by atoms with Gasteiger partial charge in [-0.3, -0.25) is 4.79 Å². The van der Waals surface area contributed by atoms with Crippen LogP contribution in [0.4, 0.5) is 4.39 Å². The van der Waals surface area contributed by atoms with Crippen molar-refractivity contribution in [3.8, 4) is 11.1 Å². The maximum atomic E-state index is 13.5. The van der Waals surface area contributed by atoms with Crippen molar-refractivity contribution in [1.82, 2.24) is 5.32 Å². The lowest BCUT2D eigenvalue weighted by Crippen LogP contribution is -2.27. The van der Waals surface area contributed by atoms with Crippen LogP contribution in [0, 0.1) is 5.82 Å². The Bertz CT molecular complexity index is 865. The molecule has 0 radical (unpaired) electrons. The first kappa shape index (κ1) is 19.2. The second-order valence-corrected chi connectivity index (χ2v) is 7.34. The molecule has 4 heteroatoms. The number of carbonyl (C=O) groups excluding carboxylic acids is 1. The fourth-order valence-electron chi connectivity index (χ4n) is 2.75. The summed E-state index contributed by atoms with van der Waals surface area (Å²) in [5.41, 5.74) is 4.00. The zero-order chi connectivity index (χ0) is 18.9. The predicted octanol–water partition coefficient (Wildman–Crippen LogP) is 5.08. The van der Waals surface area contributed by atoms with E-state index in [0.717, 1.165) is 16.9 Å². The summed E-state index contributed by atoms with van der Waals surface area (Å²) >= 11 is 1.61. The molecule has 0 heterocycles. The van der Waals surface area contributed by atoms with Crippen molar-refractivity contribution in [2.24, 2.45) is 0 Å². The highest BCUT2D eigenvalue weighted by Gasteiger charge is 2.05. The third kappa shape index (κ3) is 5.97. The fourth-order valence-corrected chi connectivity index (χ4v) is 3.60. The van der Waals surface area contributed by atoms with Crippen LogP contribution in [0.15, 0.2) is 78.9 Å². The van der Waals surface area contributed by atoms with Crippen molar-refractivity contribution < 1.29 is 9.18 Å². The topological polar surface area (TPSA) is 29.1 Å². The molecule has 3 aromatic carbocycles. The van der Waals surface area contributed by atoms with Crippen molar-refractivity contribution in [3.05, 3.63) is 95.8 Å². The highest BCUT2D eigenvalue weighted by molar-refractivity contribution is 7.98. The Balaban J connectivity index is 1.38. The van der Waals surface area contributed by atoms with Gasteiger partial charge < -0.3 is 5.32 Å². The predicted molar refractivity (Wildman–Crippen MR) is 111 cm³/mol. The first-order valence-corrected chi connectivity index (χ1v) is 10.1. The quantitative estimate of drug-likeness (QED) is 0.553. The lowest BCUT2D eigenvalue weighted by molar-refractivity contribution is -0.120. The second-order valence-electron chi connectivity index (χ2n) is 6.23. The molecule has 0 spiro atoms. The monoisotopic (exact) mass is 379 g/mol. The highest BCUT2D eigenvalue weighted by Crippen LogP contribution is 2.19. The molecule has 0 atom stereocenters. The molecule has 138 valence electrons. The smallest absolute Gasteiger partial charge is 0.224 e. The number of carbonyl (C=O) groups is 1. The van der Waals surface area contributed by atoms with Gasteiger partial charge >= 0.3 is 0 Å². The molecule has 0 bridgehead atoms. The van der Waals surface area contributed by atoms with Crippen molar-refractivity contribution in [3.63, 3.8) is 0 Å². The number of thioether (sulfide) groups is 1. The minimum atomic E-state index is -0.173. The Morgan fingerprint density at radius 2 is 1.52 bits per heavy atom. The third-order valence-corrected chi connectivity index (χ3v) is 5.22. The van der Waals surface area contributed by atoms with Crippen molar-refractivity contribution >= 4 is 17.7 Å². The Labute approximate surface area is 163 Å². The number of rotatable bonds is 8. The van der Waals surface area contributed by atoms with E-state index in [9.17, 15) is 9.18 Å². The SMILES string of the molecule is O=C(Cc1ccc(-c2ccccc2)cc1)NCCSCc1ccccc1F. The van der Waals surface area contributed by atoms with Gasteiger partial charge in [-0.15, -0.1) is 0 Å². The van der Waals surface area contributed by atoms with Crippen molar-refractivity contribution in [2.45, 2.75) is 12.2 Å². The molecular formula is C23H22FNOS. The standard InChI is InChI=1S/C23H22FNOS/c24-22-9-5-4-8-21(22)17-27-15-14-25-23(26)16-18-10-12-20(13-11-18)19-6-2-1-3-7-19/h1-13H,14-17H2,(H,25,26). The zero-order valence-electron chi connectivity index (χ0n) is 15.0. The van der Waals surface area contributed by atoms with Crippen LogP contribution < -0.4 is 5.32 Å². The summed E-state index contributed by atoms with van der Waals surface area (Å²) in [5, 5.41) is 2.92. The van der Waals surface area contributed by atoms with E-state index in [1.54, 1.807) is 23.9 Å². The number of halogens is 1. The maximum Gasteiger partial charge on any atom is 0.224 e. The van der Waals surface area contributed by atoms with E-state index >= 15 is 0 Å². The van der Waals surface area contributed by atoms with E-state index in [-0.39, 0.29) is 11.7 Å². The molecule has 0 aromatic heterocycles. The van der Waals surface area contributed by atoms with E-state index in [1.807, 2.05) is 48.5 Å². The van der Waals surface area contributed by atoms with Gasteiger partial charge in [0, 0.05) is 18.1 Å². The van der Waals surface area contributed by atoms with Gasteiger partial charge in [0.05, 0.1) is 6.42 Å². The number of nitrogens with one attached hydrogen (secondary N) is 1. The zero-order valence-corrected chi connectivity index (χ0v) is 15.8. The summed E-state index contributed by atoms with van der Waals surface area (Å²) < 4.78 is 13.5. The number of amides is 1. The summed E-state index contributed by atoms with van der Waals surface area (Å²) in [5.74, 6) is 1.21. The van der Waals surface area contributed by atoms with Gasteiger partial charge in [-0.05, 0) is 28.3 Å². The molecule has 0 aliphatic heterocycles. The Hall–Kier alpha value is -2.59. The first-order chi connectivity index (χ1) is 13.2. The normalized spacial score (nSPS) is 10.6. The van der Waals surface area contributed by atoms with Crippen LogP contribution in [0.3, 0.4) is 0 Å². The van der Waals surface area contributed by atoms with E-state index in [1.165, 1.54) is 11.6 Å². The van der Waals surface area contributed by atoms with Crippen molar-refractivity contribution in [1.29, 1.82) is 0 Å². The van der Waals surface area contributed by atoms with Crippen LogP contribution in [-0.4, -0.2) is 18.2 Å². The van der Waals surface area contributed by atoms with Crippen LogP contribution in [0.5, 0.6) is 0 Å². The molecule has 1 amide bonds. The van der Waals surface area contributed by atoms with Crippen LogP contribution in [-0.2, 0) is 17.0 Å². The van der Waals surface area contributed by atoms with E-state index < -0.39 is 0 Å². The molecule has 3 rings (SSSR count). The van der Waals surface area contributed by atoms with Crippen LogP contribution in [0.2, 0.25) is 0 Å². The summed E-state index contributed by atoms with van der Waals surface area (Å²) in [6.45, 7) is 0.583. The number of benzene rings is 3. The van der Waals surface area contributed by atoms with Gasteiger partial charge in [-0.25, -0.2) is 4.39 Å². The molecular weight excluding hydrogens is 357 g/mol. The Kier molecular flexibility index (Phi) is 7.05. The Morgan fingerprint density at radius 3 is 2.26 bits per heavy atom. The van der Waals surface area contributed by atoms with Crippen LogP contribution in [0.25, 0.3) is 11.1 Å². The molecule has 2 nitrogen and oxygen atoms in total. The maximum absolute atomic E-state index is 13.5. The summed E-state index contributed by atoms with van der Waals surface area (Å²) in [6.07, 6.45) is 0.368. The average molecular weight is 380 g/mol. The molecule has 3 aromatic rings. The van der Waals surface area contributed by atoms with E-state index in [0.29, 0.717) is 24.3 Å². The molecule has 0 saturated heterocycles. The van der Waals surface area contributed by atoms with Crippen LogP contribution in [0.1, 0.15) is 11.1 Å². The Morgan fingerprint density at radius 1 is 0.852 bits per heavy atom. The summed E-state index contributed by atoms with van der Waals surface area (Å²) in [4.78, 5) is 12.1. The van der Waals surface area contributed by atoms with Gasteiger partial charge in [-0.2, -0.15) is 11.8 Å². The molecule has 1 N–H and O–H groups in total. The molecule has 0 aliphatic carbocycles. The lowest BCUT2D eigenvalue weighted by atomic mass is 10.0. The van der Waals surface area contributed by atoms with Gasteiger partial charge in [-0.1, -0.05) is 72.8 Å². The highest BCUT2D eigenvalue weighted by atomic mass is 32.2. The van der Waals surface area contributed by atoms with E-state index in [2.05, 4.69) is 17.4 Å². The van der Waals surface area contributed by atoms with Gasteiger partial charge in [0.2, 0.25) is 5.91 Å². The molecule has 0 saturated carbocycles. The molecule has 27 heavy (non-hydrogen) atoms. The van der Waals surface area contributed by atoms with Gasteiger partial charge in [0.25, 0.3) is 0 Å². The van der Waals surface area contributed by atoms with Crippen molar-refractivity contribution in [2.75, 3.05) is 12.3 Å². The largest absolute Gasteiger partial charge is 0.355 e. The van der Waals surface area contributed by atoms with Crippen LogP contribution >= 0.6 is 11.8 Å². The molecule has 0 fully saturated rings.